The van der Waals surface area contributed by atoms with Crippen LogP contribution in [0.25, 0.3) is 0 Å². The Bertz CT molecular complexity index is 688. The number of hydrogen-bond donors (Lipinski definition) is 1. The first-order chi connectivity index (χ1) is 10.1. The van der Waals surface area contributed by atoms with E-state index in [1.54, 1.807) is 0 Å². The van der Waals surface area contributed by atoms with Crippen LogP contribution in [-0.2, 0) is 5.41 Å². The molecule has 2 aromatic carbocycles. The Morgan fingerprint density at radius 3 is 2.52 bits per heavy atom. The summed E-state index contributed by atoms with van der Waals surface area (Å²) in [4.78, 5) is 0. The third kappa shape index (κ3) is 2.88. The maximum atomic E-state index is 9.56. The minimum absolute atomic E-state index is 0.294. The van der Waals surface area contributed by atoms with Gasteiger partial charge in [0.15, 0.2) is 0 Å². The van der Waals surface area contributed by atoms with Gasteiger partial charge < -0.3 is 5.32 Å². The zero-order valence-electron chi connectivity index (χ0n) is 11.3. The third-order valence-corrected chi connectivity index (χ3v) is 5.00. The Labute approximate surface area is 143 Å². The van der Waals surface area contributed by atoms with Crippen LogP contribution < -0.4 is 5.32 Å². The van der Waals surface area contributed by atoms with Crippen molar-refractivity contribution in [3.05, 3.63) is 62.7 Å². The average Bonchev–Trinajstić information content (AvgIpc) is 2.45. The van der Waals surface area contributed by atoms with Crippen molar-refractivity contribution in [2.45, 2.75) is 24.3 Å². The maximum absolute atomic E-state index is 9.56. The molecule has 0 bridgehead atoms. The molecule has 0 amide bonds. The monoisotopic (exact) mass is 408 g/mol. The lowest BCUT2D eigenvalue weighted by Crippen LogP contribution is -2.47. The summed E-state index contributed by atoms with van der Waals surface area (Å²) in [6, 6.07) is 18.8. The van der Waals surface area contributed by atoms with E-state index < -0.39 is 0 Å². The molecule has 3 rings (SSSR count). The maximum Gasteiger partial charge on any atom is 0.0861 e. The van der Waals surface area contributed by atoms with E-state index in [4.69, 9.17) is 11.6 Å². The van der Waals surface area contributed by atoms with Crippen molar-refractivity contribution in [3.63, 3.8) is 0 Å². The van der Waals surface area contributed by atoms with Crippen LogP contribution in [0, 0.1) is 14.9 Å². The van der Waals surface area contributed by atoms with Gasteiger partial charge in [-0.05, 0) is 59.2 Å². The topological polar surface area (TPSA) is 35.8 Å². The lowest BCUT2D eigenvalue weighted by molar-refractivity contribution is 0.289. The van der Waals surface area contributed by atoms with Crippen molar-refractivity contribution in [2.24, 2.45) is 0 Å². The summed E-state index contributed by atoms with van der Waals surface area (Å²) in [6.45, 7) is 0. The first-order valence-corrected chi connectivity index (χ1v) is 8.27. The molecule has 0 aromatic heterocycles. The predicted octanol–water partition coefficient (Wildman–Crippen LogP) is 4.98. The summed E-state index contributed by atoms with van der Waals surface area (Å²) in [5, 5.41) is 13.7. The van der Waals surface area contributed by atoms with Gasteiger partial charge in [-0.1, -0.05) is 41.9 Å². The first kappa shape index (κ1) is 14.7. The molecule has 1 fully saturated rings. The van der Waals surface area contributed by atoms with Crippen molar-refractivity contribution in [1.82, 2.24) is 0 Å². The van der Waals surface area contributed by atoms with E-state index in [9.17, 15) is 5.26 Å². The highest BCUT2D eigenvalue weighted by molar-refractivity contribution is 14.1. The van der Waals surface area contributed by atoms with Gasteiger partial charge in [-0.3, -0.25) is 0 Å². The second-order valence-corrected chi connectivity index (χ2v) is 7.09. The van der Waals surface area contributed by atoms with Crippen molar-refractivity contribution in [3.8, 4) is 6.07 Å². The molecule has 1 aliphatic rings. The fourth-order valence-corrected chi connectivity index (χ4v) is 3.77. The molecule has 2 nitrogen and oxygen atoms in total. The van der Waals surface area contributed by atoms with Crippen LogP contribution in [0.2, 0.25) is 5.02 Å². The van der Waals surface area contributed by atoms with Crippen LogP contribution in [0.4, 0.5) is 5.69 Å². The van der Waals surface area contributed by atoms with E-state index in [1.807, 2.05) is 48.5 Å². The van der Waals surface area contributed by atoms with Gasteiger partial charge in [-0.15, -0.1) is 0 Å². The first-order valence-electron chi connectivity index (χ1n) is 6.81. The Balaban J connectivity index is 1.71. The second kappa shape index (κ2) is 5.86. The second-order valence-electron chi connectivity index (χ2n) is 5.43. The van der Waals surface area contributed by atoms with Crippen molar-refractivity contribution in [2.75, 3.05) is 5.32 Å². The highest BCUT2D eigenvalue weighted by Crippen LogP contribution is 2.45. The normalized spacial score (nSPS) is 24.0. The molecule has 0 unspecified atom stereocenters. The van der Waals surface area contributed by atoms with Crippen LogP contribution >= 0.6 is 34.2 Å². The predicted molar refractivity (Wildman–Crippen MR) is 94.5 cm³/mol. The Morgan fingerprint density at radius 1 is 1.19 bits per heavy atom. The molecule has 0 heterocycles. The zero-order valence-corrected chi connectivity index (χ0v) is 14.2. The number of nitrogens with one attached hydrogen (secondary N) is 1. The zero-order chi connectivity index (χ0) is 14.9. The van der Waals surface area contributed by atoms with Gasteiger partial charge >= 0.3 is 0 Å². The lowest BCUT2D eigenvalue weighted by Gasteiger charge is -2.43. The number of rotatable bonds is 3. The Hall–Kier alpha value is -1.25. The SMILES string of the molecule is N#CC1(c2ccccc2)CC(Nc2ccc(I)cc2Cl)C1. The molecule has 0 spiro atoms. The quantitative estimate of drug-likeness (QED) is 0.727. The lowest BCUT2D eigenvalue weighted by atomic mass is 9.62. The van der Waals surface area contributed by atoms with E-state index in [0.717, 1.165) is 32.7 Å². The van der Waals surface area contributed by atoms with Gasteiger partial charge in [0, 0.05) is 9.61 Å². The van der Waals surface area contributed by atoms with Crippen LogP contribution in [0.15, 0.2) is 48.5 Å². The average molecular weight is 409 g/mol. The number of anilines is 1. The minimum Gasteiger partial charge on any atom is -0.381 e. The van der Waals surface area contributed by atoms with Gasteiger partial charge in [-0.2, -0.15) is 5.26 Å². The number of halogens is 2. The molecule has 1 N–H and O–H groups in total. The summed E-state index contributed by atoms with van der Waals surface area (Å²) in [6.07, 6.45) is 1.63. The minimum atomic E-state index is -0.353. The molecular formula is C17H14ClIN2. The summed E-state index contributed by atoms with van der Waals surface area (Å²) < 4.78 is 1.12. The smallest absolute Gasteiger partial charge is 0.0861 e. The summed E-state index contributed by atoms with van der Waals surface area (Å²) in [7, 11) is 0. The van der Waals surface area contributed by atoms with Crippen LogP contribution in [0.1, 0.15) is 18.4 Å². The standard InChI is InChI=1S/C17H14ClIN2/c18-15-8-13(19)6-7-16(15)21-14-9-17(10-14,11-20)12-4-2-1-3-5-12/h1-8,14,21H,9-10H2. The van der Waals surface area contributed by atoms with Gasteiger partial charge in [0.05, 0.1) is 22.2 Å². The molecule has 21 heavy (non-hydrogen) atoms. The molecule has 106 valence electrons. The van der Waals surface area contributed by atoms with Crippen molar-refractivity contribution in [1.29, 1.82) is 5.26 Å². The van der Waals surface area contributed by atoms with Gasteiger partial charge in [0.1, 0.15) is 0 Å². The fourth-order valence-electron chi connectivity index (χ4n) is 2.86. The molecule has 0 aliphatic heterocycles. The molecule has 0 saturated heterocycles. The number of hydrogen-bond acceptors (Lipinski definition) is 2. The molecule has 0 radical (unpaired) electrons. The fraction of sp³-hybridized carbons (Fsp3) is 0.235. The number of benzene rings is 2. The summed E-state index contributed by atoms with van der Waals surface area (Å²) >= 11 is 8.49. The van der Waals surface area contributed by atoms with Gasteiger partial charge in [0.25, 0.3) is 0 Å². The van der Waals surface area contributed by atoms with Gasteiger partial charge in [-0.25, -0.2) is 0 Å². The highest BCUT2D eigenvalue weighted by Gasteiger charge is 2.46. The summed E-state index contributed by atoms with van der Waals surface area (Å²) in [5.74, 6) is 0. The van der Waals surface area contributed by atoms with Crippen molar-refractivity contribution >= 4 is 39.9 Å². The Kier molecular flexibility index (Phi) is 4.10. The van der Waals surface area contributed by atoms with E-state index in [-0.39, 0.29) is 5.41 Å². The highest BCUT2D eigenvalue weighted by atomic mass is 127. The van der Waals surface area contributed by atoms with E-state index in [0.29, 0.717) is 6.04 Å². The number of nitrogens with zero attached hydrogens (tertiary/aromatic N) is 1. The van der Waals surface area contributed by atoms with Crippen LogP contribution in [-0.4, -0.2) is 6.04 Å². The molecule has 4 heteroatoms. The van der Waals surface area contributed by atoms with Crippen LogP contribution in [0.3, 0.4) is 0 Å². The van der Waals surface area contributed by atoms with Gasteiger partial charge in [0.2, 0.25) is 0 Å². The van der Waals surface area contributed by atoms with Crippen LogP contribution in [0.5, 0.6) is 0 Å². The largest absolute Gasteiger partial charge is 0.381 e. The Morgan fingerprint density at radius 2 is 1.90 bits per heavy atom. The van der Waals surface area contributed by atoms with Crippen molar-refractivity contribution < 1.29 is 0 Å². The van der Waals surface area contributed by atoms with E-state index in [2.05, 4.69) is 34.0 Å². The molecule has 2 aromatic rings. The molecule has 0 atom stereocenters. The number of nitriles is 1. The molecule has 1 saturated carbocycles. The van der Waals surface area contributed by atoms with E-state index >= 15 is 0 Å². The molecular weight excluding hydrogens is 395 g/mol. The summed E-state index contributed by atoms with van der Waals surface area (Å²) in [5.41, 5.74) is 1.70. The third-order valence-electron chi connectivity index (χ3n) is 4.02. The van der Waals surface area contributed by atoms with E-state index in [1.165, 1.54) is 0 Å². The molecule has 1 aliphatic carbocycles.